The molecule has 204 valence electrons. The van der Waals surface area contributed by atoms with Crippen molar-refractivity contribution in [3.05, 3.63) is 77.0 Å². The minimum absolute atomic E-state index is 0.0256. The number of likely N-dealkylation sites (N-methyl/N-ethyl adjacent to an activating group) is 1. The number of hydrogen-bond acceptors (Lipinski definition) is 9. The first kappa shape index (κ1) is 27.8. The zero-order valence-corrected chi connectivity index (χ0v) is 22.3. The molecule has 0 spiro atoms. The van der Waals surface area contributed by atoms with Gasteiger partial charge < -0.3 is 26.2 Å². The molecule has 2 atom stereocenters. The lowest BCUT2D eigenvalue weighted by Gasteiger charge is -2.10. The van der Waals surface area contributed by atoms with E-state index in [1.165, 1.54) is 27.9 Å². The number of benzene rings is 1. The molecule has 13 heteroatoms. The number of hydrogen-bond donors (Lipinski definition) is 4. The molecule has 0 aliphatic rings. The van der Waals surface area contributed by atoms with Gasteiger partial charge in [-0.15, -0.1) is 16.4 Å². The molecule has 4 rings (SSSR count). The van der Waals surface area contributed by atoms with E-state index in [2.05, 4.69) is 20.6 Å². The Kier molecular flexibility index (Phi) is 8.33. The highest BCUT2D eigenvalue weighted by atomic mass is 32.1. The van der Waals surface area contributed by atoms with Crippen molar-refractivity contribution in [1.82, 2.24) is 24.9 Å². The minimum atomic E-state index is -1.22. The highest BCUT2D eigenvalue weighted by Gasteiger charge is 2.20. The fraction of sp³-hybridized carbons (Fsp3) is 0.269. The van der Waals surface area contributed by atoms with Gasteiger partial charge in [0.15, 0.2) is 0 Å². The van der Waals surface area contributed by atoms with Crippen LogP contribution in [0.25, 0.3) is 10.4 Å². The maximum Gasteiger partial charge on any atom is 0.251 e. The number of halogens is 1. The molecule has 1 aromatic carbocycles. The summed E-state index contributed by atoms with van der Waals surface area (Å²) >= 11 is 1.13. The SMILES string of the molecule is CC(O)Cc1ccc(-c2cc(C(N)=O)c(Nc3cccc(C(O)c4cn(CC(=O)N(C)C)nn4)n3)s2)c(F)c1. The Hall–Kier alpha value is -4.20. The van der Waals surface area contributed by atoms with E-state index in [9.17, 15) is 24.2 Å². The van der Waals surface area contributed by atoms with Gasteiger partial charge in [0.05, 0.1) is 23.6 Å². The van der Waals surface area contributed by atoms with Crippen LogP contribution in [0.15, 0.2) is 48.7 Å². The smallest absolute Gasteiger partial charge is 0.251 e. The number of primary amides is 1. The number of anilines is 2. The number of aliphatic hydroxyl groups is 2. The summed E-state index contributed by atoms with van der Waals surface area (Å²) in [5.74, 6) is -1.06. The summed E-state index contributed by atoms with van der Waals surface area (Å²) in [6.07, 6.45) is -0.0423. The molecule has 11 nitrogen and oxygen atoms in total. The van der Waals surface area contributed by atoms with E-state index < -0.39 is 23.9 Å². The van der Waals surface area contributed by atoms with Crippen LogP contribution in [0.3, 0.4) is 0 Å². The number of aliphatic hydroxyl groups excluding tert-OH is 2. The third kappa shape index (κ3) is 6.63. The second-order valence-electron chi connectivity index (χ2n) is 9.19. The molecule has 0 bridgehead atoms. The summed E-state index contributed by atoms with van der Waals surface area (Å²) in [7, 11) is 3.26. The van der Waals surface area contributed by atoms with Crippen molar-refractivity contribution in [1.29, 1.82) is 0 Å². The van der Waals surface area contributed by atoms with Crippen LogP contribution in [-0.2, 0) is 17.8 Å². The first-order chi connectivity index (χ1) is 18.5. The Labute approximate surface area is 227 Å². The molecular formula is C26H28FN7O4S. The van der Waals surface area contributed by atoms with E-state index in [4.69, 9.17) is 5.73 Å². The van der Waals surface area contributed by atoms with E-state index >= 15 is 0 Å². The number of nitrogens with zero attached hydrogens (tertiary/aromatic N) is 5. The Balaban J connectivity index is 1.56. The van der Waals surface area contributed by atoms with E-state index in [0.717, 1.165) is 11.3 Å². The molecule has 0 aliphatic heterocycles. The summed E-state index contributed by atoms with van der Waals surface area (Å²) in [4.78, 5) is 30.4. The van der Waals surface area contributed by atoms with Gasteiger partial charge in [-0.05, 0) is 43.2 Å². The molecule has 0 radical (unpaired) electrons. The topological polar surface area (TPSA) is 159 Å². The number of thiophene rings is 1. The summed E-state index contributed by atoms with van der Waals surface area (Å²) in [5.41, 5.74) is 7.14. The number of aromatic nitrogens is 4. The number of carbonyl (C=O) groups excluding carboxylic acids is 2. The Bertz CT molecular complexity index is 1500. The van der Waals surface area contributed by atoms with Crippen molar-refractivity contribution in [2.24, 2.45) is 5.73 Å². The largest absolute Gasteiger partial charge is 0.393 e. The van der Waals surface area contributed by atoms with Crippen LogP contribution in [0, 0.1) is 5.82 Å². The van der Waals surface area contributed by atoms with Gasteiger partial charge in [0.25, 0.3) is 5.91 Å². The van der Waals surface area contributed by atoms with Crippen LogP contribution < -0.4 is 11.1 Å². The van der Waals surface area contributed by atoms with Crippen LogP contribution >= 0.6 is 11.3 Å². The molecule has 2 amide bonds. The summed E-state index contributed by atoms with van der Waals surface area (Å²) in [5, 5.41) is 31.6. The van der Waals surface area contributed by atoms with Crippen molar-refractivity contribution in [3.8, 4) is 10.4 Å². The van der Waals surface area contributed by atoms with Crippen LogP contribution in [0.4, 0.5) is 15.2 Å². The highest BCUT2D eigenvalue weighted by molar-refractivity contribution is 7.20. The van der Waals surface area contributed by atoms with Gasteiger partial charge in [0.1, 0.15) is 35.0 Å². The van der Waals surface area contributed by atoms with E-state index in [-0.39, 0.29) is 35.0 Å². The molecule has 2 unspecified atom stereocenters. The molecule has 0 saturated heterocycles. The maximum absolute atomic E-state index is 14.9. The number of rotatable bonds is 10. The Morgan fingerprint density at radius 2 is 1.95 bits per heavy atom. The normalized spacial score (nSPS) is 12.7. The third-order valence-corrected chi connectivity index (χ3v) is 6.84. The number of amides is 2. The molecule has 3 aromatic heterocycles. The molecule has 5 N–H and O–H groups in total. The fourth-order valence-electron chi connectivity index (χ4n) is 3.76. The first-order valence-corrected chi connectivity index (χ1v) is 12.8. The van der Waals surface area contributed by atoms with E-state index in [1.807, 2.05) is 0 Å². The fourth-order valence-corrected chi connectivity index (χ4v) is 4.86. The summed E-state index contributed by atoms with van der Waals surface area (Å²) < 4.78 is 16.2. The molecule has 0 fully saturated rings. The zero-order valence-electron chi connectivity index (χ0n) is 21.5. The van der Waals surface area contributed by atoms with Crippen molar-refractivity contribution >= 4 is 34.0 Å². The predicted molar refractivity (Wildman–Crippen MR) is 144 cm³/mol. The molecular weight excluding hydrogens is 525 g/mol. The Morgan fingerprint density at radius 3 is 2.62 bits per heavy atom. The van der Waals surface area contributed by atoms with Gasteiger partial charge in [-0.25, -0.2) is 14.1 Å². The highest BCUT2D eigenvalue weighted by Crippen LogP contribution is 2.38. The third-order valence-electron chi connectivity index (χ3n) is 5.75. The van der Waals surface area contributed by atoms with Gasteiger partial charge in [-0.3, -0.25) is 9.59 Å². The average molecular weight is 554 g/mol. The van der Waals surface area contributed by atoms with Crippen molar-refractivity contribution < 1.29 is 24.2 Å². The lowest BCUT2D eigenvalue weighted by atomic mass is 10.0. The van der Waals surface area contributed by atoms with Crippen LogP contribution in [0.2, 0.25) is 0 Å². The van der Waals surface area contributed by atoms with Gasteiger partial charge in [-0.2, -0.15) is 0 Å². The molecule has 39 heavy (non-hydrogen) atoms. The number of carbonyl (C=O) groups is 2. The molecule has 4 aromatic rings. The summed E-state index contributed by atoms with van der Waals surface area (Å²) in [6.45, 7) is 1.60. The van der Waals surface area contributed by atoms with Crippen LogP contribution in [-0.4, -0.2) is 67.1 Å². The quantitative estimate of drug-likeness (QED) is 0.233. The van der Waals surface area contributed by atoms with Crippen molar-refractivity contribution in [2.75, 3.05) is 19.4 Å². The van der Waals surface area contributed by atoms with E-state index in [1.54, 1.807) is 51.4 Å². The van der Waals surface area contributed by atoms with E-state index in [0.29, 0.717) is 27.7 Å². The molecule has 0 saturated carbocycles. The van der Waals surface area contributed by atoms with Crippen molar-refractivity contribution in [2.45, 2.75) is 32.1 Å². The lowest BCUT2D eigenvalue weighted by Crippen LogP contribution is -2.26. The van der Waals surface area contributed by atoms with Gasteiger partial charge in [0.2, 0.25) is 5.91 Å². The maximum atomic E-state index is 14.9. The van der Waals surface area contributed by atoms with Crippen molar-refractivity contribution in [3.63, 3.8) is 0 Å². The van der Waals surface area contributed by atoms with Crippen LogP contribution in [0.5, 0.6) is 0 Å². The van der Waals surface area contributed by atoms with Crippen LogP contribution in [0.1, 0.15) is 40.3 Å². The lowest BCUT2D eigenvalue weighted by molar-refractivity contribution is -0.129. The zero-order chi connectivity index (χ0) is 28.3. The summed E-state index contributed by atoms with van der Waals surface area (Å²) in [6, 6.07) is 11.1. The predicted octanol–water partition coefficient (Wildman–Crippen LogP) is 2.48. The van der Waals surface area contributed by atoms with Gasteiger partial charge in [-0.1, -0.05) is 23.4 Å². The molecule has 0 aliphatic carbocycles. The monoisotopic (exact) mass is 553 g/mol. The number of nitrogens with one attached hydrogen (secondary N) is 1. The second-order valence-corrected chi connectivity index (χ2v) is 10.2. The van der Waals surface area contributed by atoms with Gasteiger partial charge >= 0.3 is 0 Å². The number of pyridine rings is 1. The minimum Gasteiger partial charge on any atom is -0.393 e. The average Bonchev–Trinajstić information content (AvgIpc) is 3.51. The van der Waals surface area contributed by atoms with Gasteiger partial charge in [0, 0.05) is 24.5 Å². The number of nitrogens with two attached hydrogens (primary N) is 1. The molecule has 3 heterocycles. The Morgan fingerprint density at radius 1 is 1.18 bits per heavy atom. The first-order valence-electron chi connectivity index (χ1n) is 11.9. The second kappa shape index (κ2) is 11.7. The standard InChI is InChI=1S/C26H28FN7O4S/c1-14(35)9-15-7-8-16(18(27)10-15)21-11-17(25(28)38)26(39-21)30-22-6-4-5-19(29-22)24(37)20-12-34(32-31-20)13-23(36)33(2)3/h4-8,10-12,14,24,35,37H,9,13H2,1-3H3,(H2,28,38)(H,29,30).